The van der Waals surface area contributed by atoms with Crippen LogP contribution in [0.3, 0.4) is 0 Å². The van der Waals surface area contributed by atoms with Gasteiger partial charge in [-0.05, 0) is 31.2 Å². The Morgan fingerprint density at radius 1 is 1.00 bits per heavy atom. The highest BCUT2D eigenvalue weighted by atomic mass is 14.9. The van der Waals surface area contributed by atoms with Gasteiger partial charge in [-0.3, -0.25) is 0 Å². The summed E-state index contributed by atoms with van der Waals surface area (Å²) in [4.78, 5) is 0. The van der Waals surface area contributed by atoms with Crippen molar-refractivity contribution in [2.24, 2.45) is 11.8 Å². The number of hydrogen-bond donors (Lipinski definition) is 1. The van der Waals surface area contributed by atoms with Crippen LogP contribution in [-0.4, -0.2) is 12.6 Å². The van der Waals surface area contributed by atoms with Crippen LogP contribution in [0, 0.1) is 11.8 Å². The van der Waals surface area contributed by atoms with Gasteiger partial charge in [0.25, 0.3) is 0 Å². The summed E-state index contributed by atoms with van der Waals surface area (Å²) in [5.74, 6) is 1.98. The molecule has 1 rings (SSSR count). The molecule has 0 aromatic heterocycles. The Hall–Kier alpha value is -0.0400. The van der Waals surface area contributed by atoms with Crippen molar-refractivity contribution >= 4 is 0 Å². The lowest BCUT2D eigenvalue weighted by Gasteiger charge is -2.17. The SMILES string of the molecule is CCCCCCCCCC(NCC)C1CC1C. The van der Waals surface area contributed by atoms with Crippen LogP contribution in [0.4, 0.5) is 0 Å². The first kappa shape index (κ1) is 15.0. The Morgan fingerprint density at radius 2 is 1.59 bits per heavy atom. The molecule has 102 valence electrons. The summed E-state index contributed by atoms with van der Waals surface area (Å²) in [6, 6.07) is 0.825. The first-order valence-corrected chi connectivity index (χ1v) is 8.03. The van der Waals surface area contributed by atoms with Crippen molar-refractivity contribution in [2.75, 3.05) is 6.54 Å². The fraction of sp³-hybridized carbons (Fsp3) is 1.00. The van der Waals surface area contributed by atoms with Crippen LogP contribution in [0.2, 0.25) is 0 Å². The van der Waals surface area contributed by atoms with Crippen LogP contribution in [0.1, 0.15) is 78.6 Å². The molecule has 0 saturated heterocycles. The maximum absolute atomic E-state index is 3.69. The molecule has 1 fully saturated rings. The molecule has 1 saturated carbocycles. The van der Waals surface area contributed by atoms with Gasteiger partial charge in [-0.25, -0.2) is 0 Å². The minimum atomic E-state index is 0.825. The first-order valence-electron chi connectivity index (χ1n) is 8.03. The zero-order valence-corrected chi connectivity index (χ0v) is 12.3. The average Bonchev–Trinajstić information content (AvgIpc) is 3.04. The number of hydrogen-bond acceptors (Lipinski definition) is 1. The Kier molecular flexibility index (Phi) is 7.92. The second-order valence-corrected chi connectivity index (χ2v) is 5.95. The lowest BCUT2D eigenvalue weighted by atomic mass is 10.0. The van der Waals surface area contributed by atoms with Crippen LogP contribution in [-0.2, 0) is 0 Å². The lowest BCUT2D eigenvalue weighted by Crippen LogP contribution is -2.31. The Balaban J connectivity index is 1.95. The van der Waals surface area contributed by atoms with E-state index in [9.17, 15) is 0 Å². The van der Waals surface area contributed by atoms with E-state index in [-0.39, 0.29) is 0 Å². The molecule has 0 aliphatic heterocycles. The predicted octanol–water partition coefficient (Wildman–Crippen LogP) is 4.76. The maximum atomic E-state index is 3.69. The van der Waals surface area contributed by atoms with E-state index in [2.05, 4.69) is 26.1 Å². The van der Waals surface area contributed by atoms with Crippen molar-refractivity contribution in [1.82, 2.24) is 5.32 Å². The minimum absolute atomic E-state index is 0.825. The number of unbranched alkanes of at least 4 members (excludes halogenated alkanes) is 6. The van der Waals surface area contributed by atoms with Crippen molar-refractivity contribution in [3.8, 4) is 0 Å². The van der Waals surface area contributed by atoms with Gasteiger partial charge in [0, 0.05) is 6.04 Å². The molecule has 17 heavy (non-hydrogen) atoms. The Morgan fingerprint density at radius 3 is 2.12 bits per heavy atom. The summed E-state index contributed by atoms with van der Waals surface area (Å²) in [7, 11) is 0. The monoisotopic (exact) mass is 239 g/mol. The second-order valence-electron chi connectivity index (χ2n) is 5.95. The molecule has 0 amide bonds. The molecule has 0 radical (unpaired) electrons. The van der Waals surface area contributed by atoms with E-state index in [1.165, 1.54) is 57.8 Å². The third-order valence-corrected chi connectivity index (χ3v) is 4.27. The highest BCUT2D eigenvalue weighted by molar-refractivity contribution is 4.92. The molecule has 1 N–H and O–H groups in total. The van der Waals surface area contributed by atoms with Crippen molar-refractivity contribution in [1.29, 1.82) is 0 Å². The van der Waals surface area contributed by atoms with E-state index in [4.69, 9.17) is 0 Å². The predicted molar refractivity (Wildman–Crippen MR) is 77.3 cm³/mol. The van der Waals surface area contributed by atoms with Crippen molar-refractivity contribution < 1.29 is 0 Å². The molecule has 1 aliphatic carbocycles. The van der Waals surface area contributed by atoms with Gasteiger partial charge in [0.05, 0.1) is 0 Å². The van der Waals surface area contributed by atoms with Gasteiger partial charge in [0.2, 0.25) is 0 Å². The Bertz CT molecular complexity index is 178. The zero-order chi connectivity index (χ0) is 12.5. The fourth-order valence-electron chi connectivity index (χ4n) is 2.96. The average molecular weight is 239 g/mol. The normalized spacial score (nSPS) is 24.9. The maximum Gasteiger partial charge on any atom is 0.00978 e. The molecule has 0 aromatic rings. The van der Waals surface area contributed by atoms with E-state index in [0.29, 0.717) is 0 Å². The summed E-state index contributed by atoms with van der Waals surface area (Å²) < 4.78 is 0. The van der Waals surface area contributed by atoms with Gasteiger partial charge in [-0.2, -0.15) is 0 Å². The molecule has 3 atom stereocenters. The summed E-state index contributed by atoms with van der Waals surface area (Å²) >= 11 is 0. The first-order chi connectivity index (χ1) is 8.29. The van der Waals surface area contributed by atoms with Crippen LogP contribution in [0.5, 0.6) is 0 Å². The number of nitrogens with one attached hydrogen (secondary N) is 1. The van der Waals surface area contributed by atoms with E-state index in [1.807, 2.05) is 0 Å². The lowest BCUT2D eigenvalue weighted by molar-refractivity contribution is 0.410. The molecular formula is C16H33N. The molecule has 1 nitrogen and oxygen atoms in total. The summed E-state index contributed by atoms with van der Waals surface area (Å²) in [5.41, 5.74) is 0. The van der Waals surface area contributed by atoms with Gasteiger partial charge in [0.15, 0.2) is 0 Å². The molecular weight excluding hydrogens is 206 g/mol. The smallest absolute Gasteiger partial charge is 0.00978 e. The highest BCUT2D eigenvalue weighted by Crippen LogP contribution is 2.41. The standard InChI is InChI=1S/C16H33N/c1-4-6-7-8-9-10-11-12-16(17-5-2)15-13-14(15)3/h14-17H,4-13H2,1-3H3. The molecule has 0 bridgehead atoms. The highest BCUT2D eigenvalue weighted by Gasteiger charge is 2.38. The molecule has 0 spiro atoms. The minimum Gasteiger partial charge on any atom is -0.314 e. The van der Waals surface area contributed by atoms with E-state index < -0.39 is 0 Å². The third kappa shape index (κ3) is 6.45. The Labute approximate surface area is 109 Å². The van der Waals surface area contributed by atoms with Gasteiger partial charge >= 0.3 is 0 Å². The second kappa shape index (κ2) is 8.97. The summed E-state index contributed by atoms with van der Waals surface area (Å²) in [5, 5.41) is 3.69. The van der Waals surface area contributed by atoms with Crippen LogP contribution < -0.4 is 5.32 Å². The fourth-order valence-corrected chi connectivity index (χ4v) is 2.96. The quantitative estimate of drug-likeness (QED) is 0.513. The van der Waals surface area contributed by atoms with E-state index in [1.54, 1.807) is 0 Å². The molecule has 0 aromatic carbocycles. The summed E-state index contributed by atoms with van der Waals surface area (Å²) in [6.07, 6.45) is 12.9. The van der Waals surface area contributed by atoms with Gasteiger partial charge in [-0.1, -0.05) is 65.7 Å². The van der Waals surface area contributed by atoms with Crippen molar-refractivity contribution in [3.05, 3.63) is 0 Å². The van der Waals surface area contributed by atoms with Gasteiger partial charge in [-0.15, -0.1) is 0 Å². The van der Waals surface area contributed by atoms with E-state index in [0.717, 1.165) is 24.4 Å². The zero-order valence-electron chi connectivity index (χ0n) is 12.3. The van der Waals surface area contributed by atoms with Crippen LogP contribution in [0.25, 0.3) is 0 Å². The topological polar surface area (TPSA) is 12.0 Å². The number of rotatable bonds is 11. The van der Waals surface area contributed by atoms with Crippen LogP contribution >= 0.6 is 0 Å². The van der Waals surface area contributed by atoms with Gasteiger partial charge < -0.3 is 5.32 Å². The molecule has 1 heteroatoms. The molecule has 3 unspecified atom stereocenters. The van der Waals surface area contributed by atoms with Crippen molar-refractivity contribution in [2.45, 2.75) is 84.6 Å². The van der Waals surface area contributed by atoms with Crippen molar-refractivity contribution in [3.63, 3.8) is 0 Å². The summed E-state index contributed by atoms with van der Waals surface area (Å²) in [6.45, 7) is 8.08. The van der Waals surface area contributed by atoms with E-state index >= 15 is 0 Å². The van der Waals surface area contributed by atoms with Crippen LogP contribution in [0.15, 0.2) is 0 Å². The molecule has 0 heterocycles. The van der Waals surface area contributed by atoms with Gasteiger partial charge in [0.1, 0.15) is 0 Å². The largest absolute Gasteiger partial charge is 0.314 e. The third-order valence-electron chi connectivity index (χ3n) is 4.27. The molecule has 1 aliphatic rings.